The normalized spacial score (nSPS) is 10.3. The molecule has 0 radical (unpaired) electrons. The molecule has 0 saturated carbocycles. The third-order valence-electron chi connectivity index (χ3n) is 2.26. The molecule has 0 aliphatic carbocycles. The fourth-order valence-corrected chi connectivity index (χ4v) is 2.47. The number of thioether (sulfide) groups is 1. The van der Waals surface area contributed by atoms with Crippen LogP contribution in [0.4, 0.5) is 5.69 Å². The number of nitrogens with zero attached hydrogens (tertiary/aromatic N) is 4. The SMILES string of the molecule is O=C(O)Cn1nnnc1SCC(=O)Nc1ccccc1Br. The van der Waals surface area contributed by atoms with Crippen LogP contribution >= 0.6 is 27.7 Å². The van der Waals surface area contributed by atoms with E-state index in [4.69, 9.17) is 5.11 Å². The molecule has 0 unspecified atom stereocenters. The first kappa shape index (κ1) is 15.4. The fraction of sp³-hybridized carbons (Fsp3) is 0.182. The van der Waals surface area contributed by atoms with Gasteiger partial charge in [-0.15, -0.1) is 5.10 Å². The Balaban J connectivity index is 1.91. The van der Waals surface area contributed by atoms with E-state index in [1.165, 1.54) is 0 Å². The molecule has 2 rings (SSSR count). The number of tetrazole rings is 1. The Morgan fingerprint density at radius 1 is 1.38 bits per heavy atom. The molecule has 0 fully saturated rings. The first-order valence-corrected chi connectivity index (χ1v) is 7.49. The molecule has 0 aliphatic rings. The molecule has 0 bridgehead atoms. The van der Waals surface area contributed by atoms with Gasteiger partial charge in [-0.2, -0.15) is 0 Å². The second kappa shape index (κ2) is 7.18. The fourth-order valence-electron chi connectivity index (χ4n) is 1.41. The second-order valence-corrected chi connectivity index (χ2v) is 5.63. The Morgan fingerprint density at radius 3 is 2.86 bits per heavy atom. The molecule has 110 valence electrons. The number of carbonyl (C=O) groups is 2. The van der Waals surface area contributed by atoms with Crippen molar-refractivity contribution >= 4 is 45.3 Å². The van der Waals surface area contributed by atoms with Gasteiger partial charge in [-0.3, -0.25) is 9.59 Å². The van der Waals surface area contributed by atoms with Gasteiger partial charge in [-0.25, -0.2) is 4.68 Å². The summed E-state index contributed by atoms with van der Waals surface area (Å²) < 4.78 is 1.90. The monoisotopic (exact) mass is 371 g/mol. The quantitative estimate of drug-likeness (QED) is 0.735. The molecule has 0 saturated heterocycles. The number of aliphatic carboxylic acids is 1. The van der Waals surface area contributed by atoms with Crippen molar-refractivity contribution in [2.45, 2.75) is 11.7 Å². The van der Waals surface area contributed by atoms with Gasteiger partial charge in [0.1, 0.15) is 6.54 Å². The second-order valence-electron chi connectivity index (χ2n) is 3.83. The number of carboxylic acids is 1. The summed E-state index contributed by atoms with van der Waals surface area (Å²) in [5, 5.41) is 22.3. The van der Waals surface area contributed by atoms with Crippen LogP contribution in [-0.2, 0) is 16.1 Å². The Morgan fingerprint density at radius 2 is 2.14 bits per heavy atom. The third-order valence-corrected chi connectivity index (χ3v) is 3.91. The number of amides is 1. The van der Waals surface area contributed by atoms with Crippen LogP contribution in [0.15, 0.2) is 33.9 Å². The van der Waals surface area contributed by atoms with E-state index >= 15 is 0 Å². The van der Waals surface area contributed by atoms with E-state index in [9.17, 15) is 9.59 Å². The van der Waals surface area contributed by atoms with Crippen LogP contribution in [0.3, 0.4) is 0 Å². The van der Waals surface area contributed by atoms with Gasteiger partial charge in [-0.1, -0.05) is 23.9 Å². The molecular weight excluding hydrogens is 362 g/mol. The van der Waals surface area contributed by atoms with Crippen LogP contribution in [-0.4, -0.2) is 42.9 Å². The van der Waals surface area contributed by atoms with Crippen LogP contribution in [0.25, 0.3) is 0 Å². The van der Waals surface area contributed by atoms with Crippen molar-refractivity contribution in [1.82, 2.24) is 20.2 Å². The number of hydrogen-bond donors (Lipinski definition) is 2. The highest BCUT2D eigenvalue weighted by Crippen LogP contribution is 2.22. The van der Waals surface area contributed by atoms with Gasteiger partial charge in [0.15, 0.2) is 0 Å². The van der Waals surface area contributed by atoms with E-state index < -0.39 is 5.97 Å². The Hall–Kier alpha value is -1.94. The van der Waals surface area contributed by atoms with Crippen molar-refractivity contribution in [2.75, 3.05) is 11.1 Å². The maximum Gasteiger partial charge on any atom is 0.325 e. The van der Waals surface area contributed by atoms with Crippen molar-refractivity contribution in [3.63, 3.8) is 0 Å². The van der Waals surface area contributed by atoms with Gasteiger partial charge in [0, 0.05) is 4.47 Å². The van der Waals surface area contributed by atoms with Crippen molar-refractivity contribution in [2.24, 2.45) is 0 Å². The summed E-state index contributed by atoms with van der Waals surface area (Å²) in [6, 6.07) is 7.23. The summed E-state index contributed by atoms with van der Waals surface area (Å²) >= 11 is 4.40. The number of anilines is 1. The Kier molecular flexibility index (Phi) is 5.28. The molecule has 10 heteroatoms. The lowest BCUT2D eigenvalue weighted by molar-refractivity contribution is -0.138. The highest BCUT2D eigenvalue weighted by Gasteiger charge is 2.12. The number of rotatable bonds is 6. The van der Waals surface area contributed by atoms with Gasteiger partial charge in [0.05, 0.1) is 11.4 Å². The van der Waals surface area contributed by atoms with E-state index in [0.717, 1.165) is 20.9 Å². The minimum absolute atomic E-state index is 0.0708. The van der Waals surface area contributed by atoms with E-state index in [0.29, 0.717) is 5.69 Å². The maximum absolute atomic E-state index is 11.8. The lowest BCUT2D eigenvalue weighted by Gasteiger charge is -2.06. The summed E-state index contributed by atoms with van der Waals surface area (Å²) in [6.07, 6.45) is 0. The summed E-state index contributed by atoms with van der Waals surface area (Å²) in [6.45, 7) is -0.346. The minimum Gasteiger partial charge on any atom is -0.480 e. The van der Waals surface area contributed by atoms with Crippen LogP contribution in [0, 0.1) is 0 Å². The average molecular weight is 372 g/mol. The summed E-state index contributed by atoms with van der Waals surface area (Å²) in [5.74, 6) is -1.22. The number of hydrogen-bond acceptors (Lipinski definition) is 6. The average Bonchev–Trinajstić information content (AvgIpc) is 2.85. The minimum atomic E-state index is -1.05. The van der Waals surface area contributed by atoms with Crippen LogP contribution in [0.5, 0.6) is 0 Å². The first-order chi connectivity index (χ1) is 10.1. The van der Waals surface area contributed by atoms with Crippen LogP contribution in [0.2, 0.25) is 0 Å². The Labute approximate surface area is 132 Å². The van der Waals surface area contributed by atoms with E-state index in [-0.39, 0.29) is 23.4 Å². The van der Waals surface area contributed by atoms with Crippen molar-refractivity contribution < 1.29 is 14.7 Å². The number of benzene rings is 1. The highest BCUT2D eigenvalue weighted by molar-refractivity contribution is 9.10. The highest BCUT2D eigenvalue weighted by atomic mass is 79.9. The number of nitrogens with one attached hydrogen (secondary N) is 1. The lowest BCUT2D eigenvalue weighted by Crippen LogP contribution is -2.16. The number of carboxylic acid groups (broad SMARTS) is 1. The maximum atomic E-state index is 11.8. The molecule has 1 amide bonds. The largest absolute Gasteiger partial charge is 0.480 e. The number of aromatic nitrogens is 4. The van der Waals surface area contributed by atoms with E-state index in [1.54, 1.807) is 12.1 Å². The number of para-hydroxylation sites is 1. The molecule has 21 heavy (non-hydrogen) atoms. The van der Waals surface area contributed by atoms with Crippen LogP contribution < -0.4 is 5.32 Å². The molecular formula is C11H10BrN5O3S. The predicted molar refractivity (Wildman–Crippen MR) is 78.9 cm³/mol. The Bertz CT molecular complexity index is 663. The van der Waals surface area contributed by atoms with Crippen molar-refractivity contribution in [1.29, 1.82) is 0 Å². The first-order valence-electron chi connectivity index (χ1n) is 5.71. The lowest BCUT2D eigenvalue weighted by atomic mass is 10.3. The zero-order valence-corrected chi connectivity index (χ0v) is 13.0. The topological polar surface area (TPSA) is 110 Å². The van der Waals surface area contributed by atoms with Gasteiger partial charge in [0.2, 0.25) is 11.1 Å². The van der Waals surface area contributed by atoms with Gasteiger partial charge >= 0.3 is 5.97 Å². The molecule has 0 spiro atoms. The molecule has 2 aromatic rings. The summed E-state index contributed by atoms with van der Waals surface area (Å²) in [5.41, 5.74) is 0.660. The molecule has 1 aromatic heterocycles. The molecule has 8 nitrogen and oxygen atoms in total. The van der Waals surface area contributed by atoms with Gasteiger partial charge < -0.3 is 10.4 Å². The van der Waals surface area contributed by atoms with Crippen molar-refractivity contribution in [3.05, 3.63) is 28.7 Å². The molecule has 1 heterocycles. The summed E-state index contributed by atoms with van der Waals surface area (Å²) in [4.78, 5) is 22.5. The summed E-state index contributed by atoms with van der Waals surface area (Å²) in [7, 11) is 0. The standard InChI is InChI=1S/C11H10BrN5O3S/c12-7-3-1-2-4-8(7)13-9(18)6-21-11-14-15-16-17(11)5-10(19)20/h1-4H,5-6H2,(H,13,18)(H,19,20). The number of halogens is 1. The van der Waals surface area contributed by atoms with Gasteiger partial charge in [0.25, 0.3) is 0 Å². The molecule has 0 atom stereocenters. The molecule has 0 aliphatic heterocycles. The van der Waals surface area contributed by atoms with E-state index in [1.807, 2.05) is 12.1 Å². The zero-order chi connectivity index (χ0) is 15.2. The van der Waals surface area contributed by atoms with Crippen LogP contribution in [0.1, 0.15) is 0 Å². The molecule has 2 N–H and O–H groups in total. The van der Waals surface area contributed by atoms with Crippen molar-refractivity contribution in [3.8, 4) is 0 Å². The van der Waals surface area contributed by atoms with E-state index in [2.05, 4.69) is 36.8 Å². The molecule has 1 aromatic carbocycles. The predicted octanol–water partition coefficient (Wildman–Crippen LogP) is 1.25. The third kappa shape index (κ3) is 4.53. The smallest absolute Gasteiger partial charge is 0.325 e. The number of carbonyl (C=O) groups excluding carboxylic acids is 1. The van der Waals surface area contributed by atoms with Gasteiger partial charge in [-0.05, 0) is 38.5 Å². The zero-order valence-electron chi connectivity index (χ0n) is 10.6.